The number of hydrogen-bond acceptors (Lipinski definition) is 5. The number of ether oxygens (including phenoxy) is 1. The number of aliphatic hydroxyl groups is 2. The van der Waals surface area contributed by atoms with E-state index in [0.29, 0.717) is 13.2 Å². The third kappa shape index (κ3) is 6.66. The predicted molar refractivity (Wildman–Crippen MR) is 71.7 cm³/mol. The highest BCUT2D eigenvalue weighted by Gasteiger charge is 2.20. The van der Waals surface area contributed by atoms with Crippen LogP contribution in [0.25, 0.3) is 0 Å². The number of rotatable bonds is 6. The molecule has 1 rings (SSSR count). The molecule has 1 saturated heterocycles. The number of hydrogen-bond donors (Lipinski definition) is 2. The normalized spacial score (nSPS) is 21.2. The molecule has 108 valence electrons. The van der Waals surface area contributed by atoms with Crippen molar-refractivity contribution in [1.82, 2.24) is 9.80 Å². The monoisotopic (exact) mass is 260 g/mol. The molecule has 0 amide bonds. The Hall–Kier alpha value is -0.200. The molecule has 1 aliphatic rings. The predicted octanol–water partition coefficient (Wildman–Crippen LogP) is -0.228. The summed E-state index contributed by atoms with van der Waals surface area (Å²) in [7, 11) is 0. The molecule has 1 fully saturated rings. The van der Waals surface area contributed by atoms with Gasteiger partial charge in [0.05, 0.1) is 24.9 Å². The van der Waals surface area contributed by atoms with Gasteiger partial charge in [-0.1, -0.05) is 0 Å². The van der Waals surface area contributed by atoms with Crippen LogP contribution in [0.3, 0.4) is 0 Å². The van der Waals surface area contributed by atoms with Crippen LogP contribution >= 0.6 is 0 Å². The molecule has 0 aromatic carbocycles. The van der Waals surface area contributed by atoms with Gasteiger partial charge in [0.2, 0.25) is 0 Å². The fourth-order valence-electron chi connectivity index (χ4n) is 2.03. The van der Waals surface area contributed by atoms with E-state index < -0.39 is 6.10 Å². The molecule has 1 heterocycles. The number of nitrogens with zero attached hydrogens (tertiary/aromatic N) is 2. The lowest BCUT2D eigenvalue weighted by atomic mass is 10.2. The van der Waals surface area contributed by atoms with Gasteiger partial charge in [0.15, 0.2) is 0 Å². The molecule has 18 heavy (non-hydrogen) atoms. The Morgan fingerprint density at radius 3 is 2.17 bits per heavy atom. The maximum Gasteiger partial charge on any atom is 0.0900 e. The maximum absolute atomic E-state index is 9.91. The average molecular weight is 260 g/mol. The van der Waals surface area contributed by atoms with Crippen LogP contribution in [-0.2, 0) is 4.74 Å². The molecule has 0 aromatic rings. The molecule has 5 heteroatoms. The van der Waals surface area contributed by atoms with Gasteiger partial charge in [-0.2, -0.15) is 0 Å². The van der Waals surface area contributed by atoms with Crippen molar-refractivity contribution in [1.29, 1.82) is 0 Å². The van der Waals surface area contributed by atoms with Gasteiger partial charge in [0, 0.05) is 39.3 Å². The van der Waals surface area contributed by atoms with Crippen LogP contribution in [0, 0.1) is 0 Å². The summed E-state index contributed by atoms with van der Waals surface area (Å²) in [5, 5.41) is 18.8. The number of piperazine rings is 1. The summed E-state index contributed by atoms with van der Waals surface area (Å²) in [5.74, 6) is 0. The maximum atomic E-state index is 9.91. The lowest BCUT2D eigenvalue weighted by molar-refractivity contribution is -0.0587. The van der Waals surface area contributed by atoms with Crippen molar-refractivity contribution in [3.63, 3.8) is 0 Å². The molecular weight excluding hydrogens is 232 g/mol. The zero-order valence-corrected chi connectivity index (χ0v) is 11.9. The molecule has 0 bridgehead atoms. The second kappa shape index (κ2) is 7.40. The number of aliphatic hydroxyl groups excluding tert-OH is 2. The summed E-state index contributed by atoms with van der Waals surface area (Å²) in [6, 6.07) is 0. The molecule has 0 aromatic heterocycles. The molecule has 0 aliphatic carbocycles. The van der Waals surface area contributed by atoms with E-state index >= 15 is 0 Å². The first kappa shape index (κ1) is 15.9. The van der Waals surface area contributed by atoms with Crippen molar-refractivity contribution in [2.75, 3.05) is 52.5 Å². The Morgan fingerprint density at radius 2 is 1.67 bits per heavy atom. The second-order valence-electron chi connectivity index (χ2n) is 5.94. The lowest BCUT2D eigenvalue weighted by Gasteiger charge is -2.35. The Morgan fingerprint density at radius 1 is 1.11 bits per heavy atom. The van der Waals surface area contributed by atoms with E-state index in [1.807, 2.05) is 20.8 Å². The third-order valence-electron chi connectivity index (χ3n) is 3.06. The third-order valence-corrected chi connectivity index (χ3v) is 3.06. The molecule has 1 atom stereocenters. The van der Waals surface area contributed by atoms with Crippen molar-refractivity contribution >= 4 is 0 Å². The van der Waals surface area contributed by atoms with E-state index in [4.69, 9.17) is 9.84 Å². The lowest BCUT2D eigenvalue weighted by Crippen LogP contribution is -2.49. The van der Waals surface area contributed by atoms with Crippen LogP contribution in [0.4, 0.5) is 0 Å². The van der Waals surface area contributed by atoms with Gasteiger partial charge < -0.3 is 14.9 Å². The molecule has 1 aliphatic heterocycles. The largest absolute Gasteiger partial charge is 0.395 e. The highest BCUT2D eigenvalue weighted by Crippen LogP contribution is 2.08. The summed E-state index contributed by atoms with van der Waals surface area (Å²) >= 11 is 0. The van der Waals surface area contributed by atoms with Gasteiger partial charge >= 0.3 is 0 Å². The molecule has 1 unspecified atom stereocenters. The minimum atomic E-state index is -0.423. The van der Waals surface area contributed by atoms with Crippen molar-refractivity contribution in [3.05, 3.63) is 0 Å². The summed E-state index contributed by atoms with van der Waals surface area (Å²) in [5.41, 5.74) is -0.194. The van der Waals surface area contributed by atoms with Crippen molar-refractivity contribution in [2.24, 2.45) is 0 Å². The van der Waals surface area contributed by atoms with Gasteiger partial charge in [0.1, 0.15) is 0 Å². The van der Waals surface area contributed by atoms with E-state index in [9.17, 15) is 5.11 Å². The summed E-state index contributed by atoms with van der Waals surface area (Å²) in [6.45, 7) is 11.9. The van der Waals surface area contributed by atoms with Gasteiger partial charge in [-0.3, -0.25) is 9.80 Å². The highest BCUT2D eigenvalue weighted by atomic mass is 16.5. The first-order valence-corrected chi connectivity index (χ1v) is 6.78. The minimum Gasteiger partial charge on any atom is -0.395 e. The first-order chi connectivity index (χ1) is 8.40. The van der Waals surface area contributed by atoms with E-state index in [1.165, 1.54) is 0 Å². The van der Waals surface area contributed by atoms with Crippen molar-refractivity contribution in [2.45, 2.75) is 32.5 Å². The molecule has 2 N–H and O–H groups in total. The Bertz CT molecular complexity index is 223. The fourth-order valence-corrected chi connectivity index (χ4v) is 2.03. The van der Waals surface area contributed by atoms with Crippen molar-refractivity contribution in [3.8, 4) is 0 Å². The molecular formula is C13H28N2O3. The zero-order chi connectivity index (χ0) is 13.6. The van der Waals surface area contributed by atoms with Crippen LogP contribution < -0.4 is 0 Å². The summed E-state index contributed by atoms with van der Waals surface area (Å²) in [6.07, 6.45) is -0.423. The quantitative estimate of drug-likeness (QED) is 0.691. The van der Waals surface area contributed by atoms with Crippen LogP contribution in [0.15, 0.2) is 0 Å². The first-order valence-electron chi connectivity index (χ1n) is 6.78. The van der Waals surface area contributed by atoms with Crippen molar-refractivity contribution < 1.29 is 14.9 Å². The van der Waals surface area contributed by atoms with Crippen LogP contribution in [-0.4, -0.2) is 84.2 Å². The van der Waals surface area contributed by atoms with Gasteiger partial charge in [-0.15, -0.1) is 0 Å². The van der Waals surface area contributed by atoms with Crippen LogP contribution in [0.5, 0.6) is 0 Å². The van der Waals surface area contributed by atoms with E-state index in [0.717, 1.165) is 32.7 Å². The number of β-amino-alcohol motifs (C(OH)–C–C–N with tert-alkyl or cyclic N) is 2. The Kier molecular flexibility index (Phi) is 6.52. The fraction of sp³-hybridized carbons (Fsp3) is 1.00. The second-order valence-corrected chi connectivity index (χ2v) is 5.94. The zero-order valence-electron chi connectivity index (χ0n) is 11.9. The molecule has 0 spiro atoms. The topological polar surface area (TPSA) is 56.2 Å². The van der Waals surface area contributed by atoms with Gasteiger partial charge in [-0.25, -0.2) is 0 Å². The van der Waals surface area contributed by atoms with Crippen LogP contribution in [0.1, 0.15) is 20.8 Å². The SMILES string of the molecule is CC(C)(C)OCC(O)CN1CCN(CCO)CC1. The molecule has 0 radical (unpaired) electrons. The summed E-state index contributed by atoms with van der Waals surface area (Å²) in [4.78, 5) is 4.50. The Labute approximate surface area is 110 Å². The molecule has 5 nitrogen and oxygen atoms in total. The Balaban J connectivity index is 2.16. The van der Waals surface area contributed by atoms with Gasteiger partial charge in [0.25, 0.3) is 0 Å². The average Bonchev–Trinajstić information content (AvgIpc) is 2.29. The van der Waals surface area contributed by atoms with Gasteiger partial charge in [-0.05, 0) is 20.8 Å². The van der Waals surface area contributed by atoms with E-state index in [-0.39, 0.29) is 12.2 Å². The minimum absolute atomic E-state index is 0.194. The van der Waals surface area contributed by atoms with E-state index in [1.54, 1.807) is 0 Å². The highest BCUT2D eigenvalue weighted by molar-refractivity contribution is 4.74. The smallest absolute Gasteiger partial charge is 0.0900 e. The van der Waals surface area contributed by atoms with Crippen LogP contribution in [0.2, 0.25) is 0 Å². The van der Waals surface area contributed by atoms with E-state index in [2.05, 4.69) is 9.80 Å². The standard InChI is InChI=1S/C13H28N2O3/c1-13(2,3)18-11-12(17)10-15-6-4-14(5-7-15)8-9-16/h12,16-17H,4-11H2,1-3H3. The molecule has 0 saturated carbocycles. The summed E-state index contributed by atoms with van der Waals surface area (Å²) < 4.78 is 5.57.